The lowest BCUT2D eigenvalue weighted by Crippen LogP contribution is -2.07. The summed E-state index contributed by atoms with van der Waals surface area (Å²) in [4.78, 5) is 23.1. The fourth-order valence-corrected chi connectivity index (χ4v) is 3.02. The minimum Gasteiger partial charge on any atom is -0.505 e. The average molecular weight is 352 g/mol. The first-order valence-electron chi connectivity index (χ1n) is 7.63. The van der Waals surface area contributed by atoms with Gasteiger partial charge in [-0.05, 0) is 17.7 Å². The van der Waals surface area contributed by atoms with Crippen molar-refractivity contribution in [2.75, 3.05) is 0 Å². The predicted molar refractivity (Wildman–Crippen MR) is 91.5 cm³/mol. The van der Waals surface area contributed by atoms with E-state index in [0.717, 1.165) is 24.3 Å². The van der Waals surface area contributed by atoms with E-state index in [9.17, 15) is 23.5 Å². The van der Waals surface area contributed by atoms with Gasteiger partial charge in [-0.25, -0.2) is 8.78 Å². The largest absolute Gasteiger partial charge is 0.505 e. The van der Waals surface area contributed by atoms with Crippen LogP contribution in [0, 0.1) is 11.6 Å². The van der Waals surface area contributed by atoms with E-state index in [4.69, 9.17) is 4.42 Å². The van der Waals surface area contributed by atoms with Gasteiger partial charge in [0.15, 0.2) is 23.7 Å². The summed E-state index contributed by atoms with van der Waals surface area (Å²) in [6, 6.07) is 10.6. The van der Waals surface area contributed by atoms with Crippen LogP contribution in [0.3, 0.4) is 0 Å². The summed E-state index contributed by atoms with van der Waals surface area (Å²) in [5.74, 6) is -2.45. The molecule has 2 aromatic carbocycles. The number of carbonyl (C=O) groups excluding carboxylic acids is 1. The van der Waals surface area contributed by atoms with Crippen LogP contribution in [0.1, 0.15) is 10.4 Å². The number of halogens is 2. The number of phenolic OH excluding ortho intramolecular Hbond substituents is 1. The molecule has 2 aromatic rings. The highest BCUT2D eigenvalue weighted by molar-refractivity contribution is 6.05. The Kier molecular flexibility index (Phi) is 3.54. The molecule has 0 spiro atoms. The quantitative estimate of drug-likeness (QED) is 0.430. The summed E-state index contributed by atoms with van der Waals surface area (Å²) in [7, 11) is 0. The van der Waals surface area contributed by atoms with Crippen LogP contribution in [0.2, 0.25) is 0 Å². The zero-order chi connectivity index (χ0) is 18.4. The third kappa shape index (κ3) is 2.35. The van der Waals surface area contributed by atoms with Gasteiger partial charge in [0.1, 0.15) is 11.3 Å². The van der Waals surface area contributed by atoms with Gasteiger partial charge in [0.2, 0.25) is 5.43 Å². The molecule has 0 radical (unpaired) electrons. The van der Waals surface area contributed by atoms with Crippen molar-refractivity contribution in [1.29, 1.82) is 0 Å². The van der Waals surface area contributed by atoms with Crippen LogP contribution < -0.4 is 5.43 Å². The fraction of sp³-hybridized carbons (Fsp3) is 0. The molecule has 0 bridgehead atoms. The number of fused-ring (bicyclic) bond motifs is 2. The molecule has 0 fully saturated rings. The molecule has 1 aliphatic heterocycles. The summed E-state index contributed by atoms with van der Waals surface area (Å²) in [6.07, 6.45) is 0.631. The zero-order valence-electron chi connectivity index (χ0n) is 13.1. The Hall–Kier alpha value is -3.54. The van der Waals surface area contributed by atoms with Gasteiger partial charge in [-0.1, -0.05) is 24.3 Å². The first-order valence-corrected chi connectivity index (χ1v) is 7.63. The third-order valence-electron chi connectivity index (χ3n) is 4.20. The molecule has 128 valence electrons. The van der Waals surface area contributed by atoms with Crippen molar-refractivity contribution in [2.24, 2.45) is 0 Å². The number of carbonyl (C=O) groups is 1. The molecule has 4 rings (SSSR count). The van der Waals surface area contributed by atoms with Gasteiger partial charge in [0.25, 0.3) is 0 Å². The lowest BCUT2D eigenvalue weighted by molar-refractivity contribution is 0.112. The first-order chi connectivity index (χ1) is 12.5. The van der Waals surface area contributed by atoms with Crippen LogP contribution in [0.15, 0.2) is 57.7 Å². The highest BCUT2D eigenvalue weighted by Gasteiger charge is 2.22. The monoisotopic (exact) mass is 352 g/mol. The van der Waals surface area contributed by atoms with E-state index >= 15 is 0 Å². The Morgan fingerprint density at radius 3 is 2.50 bits per heavy atom. The van der Waals surface area contributed by atoms with Crippen molar-refractivity contribution in [3.05, 3.63) is 76.0 Å². The normalized spacial score (nSPS) is 11.2. The molecule has 0 saturated heterocycles. The second-order valence-corrected chi connectivity index (χ2v) is 5.76. The van der Waals surface area contributed by atoms with Gasteiger partial charge in [0, 0.05) is 34.2 Å². The Bertz CT molecular complexity index is 1210. The summed E-state index contributed by atoms with van der Waals surface area (Å²) >= 11 is 0. The van der Waals surface area contributed by atoms with Crippen LogP contribution in [0.5, 0.6) is 5.75 Å². The molecule has 1 aliphatic carbocycles. The molecule has 1 heterocycles. The highest BCUT2D eigenvalue weighted by Crippen LogP contribution is 2.42. The van der Waals surface area contributed by atoms with Crippen molar-refractivity contribution in [3.63, 3.8) is 0 Å². The van der Waals surface area contributed by atoms with E-state index in [0.29, 0.717) is 23.0 Å². The molecular formula is C20H10F2O4. The minimum atomic E-state index is -0.990. The molecule has 0 unspecified atom stereocenters. The Labute approximate surface area is 145 Å². The molecule has 0 aromatic heterocycles. The first kappa shape index (κ1) is 16.0. The van der Waals surface area contributed by atoms with Gasteiger partial charge in [0.05, 0.1) is 0 Å². The summed E-state index contributed by atoms with van der Waals surface area (Å²) in [5.41, 5.74) is 0.522. The van der Waals surface area contributed by atoms with E-state index in [2.05, 4.69) is 0 Å². The average Bonchev–Trinajstić information content (AvgIpc) is 2.63. The number of rotatable bonds is 2. The number of aromatic hydroxyl groups is 1. The number of benzene rings is 3. The van der Waals surface area contributed by atoms with Gasteiger partial charge in [-0.15, -0.1) is 0 Å². The second-order valence-electron chi connectivity index (χ2n) is 5.76. The number of aldehydes is 1. The molecule has 0 atom stereocenters. The zero-order valence-corrected chi connectivity index (χ0v) is 13.1. The number of phenols is 1. The standard InChI is InChI=1S/C20H10F2O4/c21-14-5-12-18(7-16(14)24)26-19-8-17(25)15(22)6-13(19)20(12)11-4-2-1-3-10(11)9-23/h1-9,24H. The molecule has 2 aliphatic rings. The molecule has 1 N–H and O–H groups in total. The van der Waals surface area contributed by atoms with Crippen LogP contribution in [-0.2, 0) is 0 Å². The summed E-state index contributed by atoms with van der Waals surface area (Å²) in [5, 5.41) is 9.87. The topological polar surface area (TPSA) is 67.5 Å². The lowest BCUT2D eigenvalue weighted by atomic mass is 9.91. The van der Waals surface area contributed by atoms with Crippen molar-refractivity contribution in [1.82, 2.24) is 0 Å². The molecule has 6 heteroatoms. The van der Waals surface area contributed by atoms with Crippen LogP contribution in [0.25, 0.3) is 33.4 Å². The van der Waals surface area contributed by atoms with E-state index in [1.165, 1.54) is 0 Å². The van der Waals surface area contributed by atoms with Crippen molar-refractivity contribution in [2.45, 2.75) is 0 Å². The van der Waals surface area contributed by atoms with Gasteiger partial charge in [-0.3, -0.25) is 9.59 Å². The molecule has 26 heavy (non-hydrogen) atoms. The number of hydrogen-bond donors (Lipinski definition) is 1. The van der Waals surface area contributed by atoms with Gasteiger partial charge >= 0.3 is 0 Å². The second kappa shape index (κ2) is 5.77. The van der Waals surface area contributed by atoms with Crippen molar-refractivity contribution < 1.29 is 23.1 Å². The smallest absolute Gasteiger partial charge is 0.217 e. The van der Waals surface area contributed by atoms with E-state index < -0.39 is 22.8 Å². The Morgan fingerprint density at radius 2 is 1.73 bits per heavy atom. The van der Waals surface area contributed by atoms with Crippen LogP contribution in [0.4, 0.5) is 8.78 Å². The summed E-state index contributed by atoms with van der Waals surface area (Å²) < 4.78 is 33.5. The minimum absolute atomic E-state index is 0.0608. The Morgan fingerprint density at radius 1 is 0.962 bits per heavy atom. The fourth-order valence-electron chi connectivity index (χ4n) is 3.02. The number of hydrogen-bond acceptors (Lipinski definition) is 4. The van der Waals surface area contributed by atoms with Crippen molar-refractivity contribution in [3.8, 4) is 28.2 Å². The maximum atomic E-state index is 14.0. The lowest BCUT2D eigenvalue weighted by Gasteiger charge is -2.16. The van der Waals surface area contributed by atoms with E-state index in [1.54, 1.807) is 24.3 Å². The SMILES string of the molecule is O=Cc1ccccc1-c1c2cc(F)c(=O)cc-2oc2cc(O)c(F)cc12. The van der Waals surface area contributed by atoms with Crippen LogP contribution >= 0.6 is 0 Å². The molecule has 0 amide bonds. The van der Waals surface area contributed by atoms with Gasteiger partial charge in [-0.2, -0.15) is 0 Å². The maximum absolute atomic E-state index is 14.0. The van der Waals surface area contributed by atoms with Crippen molar-refractivity contribution >= 4 is 17.3 Å². The molecule has 4 nitrogen and oxygen atoms in total. The Balaban J connectivity index is 2.27. The maximum Gasteiger partial charge on any atom is 0.217 e. The highest BCUT2D eigenvalue weighted by atomic mass is 19.1. The molecule has 0 saturated carbocycles. The van der Waals surface area contributed by atoms with Gasteiger partial charge < -0.3 is 9.52 Å². The van der Waals surface area contributed by atoms with Crippen LogP contribution in [-0.4, -0.2) is 11.4 Å². The third-order valence-corrected chi connectivity index (χ3v) is 4.20. The van der Waals surface area contributed by atoms with E-state index in [-0.39, 0.29) is 22.3 Å². The van der Waals surface area contributed by atoms with E-state index in [1.807, 2.05) is 0 Å². The summed E-state index contributed by atoms with van der Waals surface area (Å²) in [6.45, 7) is 0. The predicted octanol–water partition coefficient (Wildman–Crippen LogP) is 4.36. The molecular weight excluding hydrogens is 342 g/mol.